The summed E-state index contributed by atoms with van der Waals surface area (Å²) in [5.41, 5.74) is 0.361. The molecule has 0 aliphatic rings. The summed E-state index contributed by atoms with van der Waals surface area (Å²) in [6, 6.07) is 8.51. The van der Waals surface area contributed by atoms with E-state index in [4.69, 9.17) is 9.05 Å². The van der Waals surface area contributed by atoms with Crippen molar-refractivity contribution in [1.82, 2.24) is 0 Å². The number of hydrogen-bond acceptors (Lipinski definition) is 5. The zero-order chi connectivity index (χ0) is 15.2. The van der Waals surface area contributed by atoms with E-state index in [2.05, 4.69) is 5.11 Å². The summed E-state index contributed by atoms with van der Waals surface area (Å²) in [5, 5.41) is 14.7. The van der Waals surface area contributed by atoms with Gasteiger partial charge in [-0.25, -0.2) is 0 Å². The van der Waals surface area contributed by atoms with Crippen LogP contribution in [0.25, 0.3) is 0 Å². The van der Waals surface area contributed by atoms with Crippen LogP contribution in [0.4, 0.5) is 5.69 Å². The normalized spacial score (nSPS) is 13.5. The Bertz CT molecular complexity index is 492. The summed E-state index contributed by atoms with van der Waals surface area (Å²) in [6.45, 7) is 7.00. The molecule has 0 aliphatic carbocycles. The largest absolute Gasteiger partial charge is 0.594 e. The molecule has 0 unspecified atom stereocenters. The van der Waals surface area contributed by atoms with Crippen molar-refractivity contribution < 1.29 is 18.5 Å². The molecule has 20 heavy (non-hydrogen) atoms. The Morgan fingerprint density at radius 3 is 2.15 bits per heavy atom. The fourth-order valence-corrected chi connectivity index (χ4v) is 3.16. The molecule has 1 rings (SSSR count). The highest BCUT2D eigenvalue weighted by Gasteiger charge is 2.47. The van der Waals surface area contributed by atoms with Crippen LogP contribution in [-0.4, -0.2) is 23.4 Å². The summed E-state index contributed by atoms with van der Waals surface area (Å²) in [4.78, 5) is 0.449. The molecule has 0 heterocycles. The van der Waals surface area contributed by atoms with Gasteiger partial charge in [0.05, 0.1) is 13.2 Å². The van der Waals surface area contributed by atoms with Gasteiger partial charge in [-0.15, -0.1) is 0 Å². The molecule has 0 aliphatic heterocycles. The maximum atomic E-state index is 12.7. The zero-order valence-electron chi connectivity index (χ0n) is 12.3. The van der Waals surface area contributed by atoms with Crippen molar-refractivity contribution >= 4 is 13.3 Å². The number of hydrogen-bond donors (Lipinski definition) is 0. The van der Waals surface area contributed by atoms with Gasteiger partial charge in [0.2, 0.25) is 11.0 Å². The van der Waals surface area contributed by atoms with Gasteiger partial charge in [0.1, 0.15) is 0 Å². The van der Waals surface area contributed by atoms with Crippen molar-refractivity contribution in [2.75, 3.05) is 13.2 Å². The molecule has 6 nitrogen and oxygen atoms in total. The second-order valence-electron chi connectivity index (χ2n) is 4.54. The predicted molar refractivity (Wildman–Crippen MR) is 77.1 cm³/mol. The van der Waals surface area contributed by atoms with E-state index >= 15 is 0 Å². The third-order valence-electron chi connectivity index (χ3n) is 2.58. The third-order valence-corrected chi connectivity index (χ3v) is 5.21. The molecule has 0 saturated carbocycles. The van der Waals surface area contributed by atoms with Crippen LogP contribution in [0.15, 0.2) is 35.4 Å². The molecule has 0 saturated heterocycles. The minimum Gasteiger partial charge on any atom is -0.594 e. The van der Waals surface area contributed by atoms with Crippen molar-refractivity contribution in [3.63, 3.8) is 0 Å². The highest BCUT2D eigenvalue weighted by Crippen LogP contribution is 2.60. The summed E-state index contributed by atoms with van der Waals surface area (Å²) in [5.74, 6) is 0. The fourth-order valence-electron chi connectivity index (χ4n) is 1.58. The Kier molecular flexibility index (Phi) is 5.87. The van der Waals surface area contributed by atoms with Crippen LogP contribution in [0.5, 0.6) is 0 Å². The quantitative estimate of drug-likeness (QED) is 0.326. The lowest BCUT2D eigenvalue weighted by molar-refractivity contribution is -0.447. The van der Waals surface area contributed by atoms with E-state index in [0.717, 1.165) is 0 Å². The van der Waals surface area contributed by atoms with Gasteiger partial charge in [-0.2, -0.15) is 0 Å². The number of azo groups is 1. The highest BCUT2D eigenvalue weighted by atomic mass is 31.2. The number of rotatable bonds is 7. The van der Waals surface area contributed by atoms with E-state index in [1.54, 1.807) is 58.0 Å². The fraction of sp³-hybridized carbons (Fsp3) is 0.538. The molecule has 0 amide bonds. The number of para-hydroxylation sites is 1. The van der Waals surface area contributed by atoms with E-state index in [9.17, 15) is 9.77 Å². The lowest BCUT2D eigenvalue weighted by Gasteiger charge is -2.26. The molecular formula is C13H21N2O4P. The molecule has 0 fully saturated rings. The smallest absolute Gasteiger partial charge is 0.363 e. The van der Waals surface area contributed by atoms with Crippen molar-refractivity contribution in [1.29, 1.82) is 0 Å². The van der Waals surface area contributed by atoms with E-state index in [1.807, 2.05) is 0 Å². The second kappa shape index (κ2) is 6.97. The van der Waals surface area contributed by atoms with E-state index in [0.29, 0.717) is 10.5 Å². The Hall–Kier alpha value is -1.23. The first-order valence-corrected chi connectivity index (χ1v) is 8.05. The third kappa shape index (κ3) is 3.88. The van der Waals surface area contributed by atoms with E-state index in [-0.39, 0.29) is 13.2 Å². The lowest BCUT2D eigenvalue weighted by atomic mass is 10.3. The molecule has 0 spiro atoms. The standard InChI is InChI=1S/C13H21N2O4P/c1-5-18-20(17,19-6-2)13(3,4)14-15(16)12-10-8-7-9-11-12/h7-11H,5-6H2,1-4H3. The first-order chi connectivity index (χ1) is 9.36. The van der Waals surface area contributed by atoms with Gasteiger partial charge in [0.15, 0.2) is 0 Å². The van der Waals surface area contributed by atoms with Gasteiger partial charge in [-0.1, -0.05) is 23.1 Å². The Labute approximate surface area is 119 Å². The molecule has 1 aromatic carbocycles. The Balaban J connectivity index is 3.11. The maximum Gasteiger partial charge on any atom is 0.363 e. The second-order valence-corrected chi connectivity index (χ2v) is 7.14. The minimum atomic E-state index is -3.50. The van der Waals surface area contributed by atoms with Crippen LogP contribution >= 0.6 is 7.60 Å². The van der Waals surface area contributed by atoms with Crippen LogP contribution in [0.2, 0.25) is 0 Å². The van der Waals surface area contributed by atoms with Gasteiger partial charge in [-0.3, -0.25) is 4.57 Å². The summed E-state index contributed by atoms with van der Waals surface area (Å²) in [7, 11) is -3.50. The minimum absolute atomic E-state index is 0.223. The average molecular weight is 300 g/mol. The van der Waals surface area contributed by atoms with E-state index in [1.165, 1.54) is 0 Å². The Morgan fingerprint density at radius 1 is 1.20 bits per heavy atom. The van der Waals surface area contributed by atoms with Gasteiger partial charge in [0.25, 0.3) is 0 Å². The number of benzene rings is 1. The maximum absolute atomic E-state index is 12.7. The monoisotopic (exact) mass is 300 g/mol. The molecule has 7 heteroatoms. The summed E-state index contributed by atoms with van der Waals surface area (Å²) in [6.07, 6.45) is 0. The zero-order valence-corrected chi connectivity index (χ0v) is 13.2. The van der Waals surface area contributed by atoms with Crippen LogP contribution in [-0.2, 0) is 13.6 Å². The van der Waals surface area contributed by atoms with Crippen molar-refractivity contribution in [2.45, 2.75) is 33.0 Å². The molecule has 0 atom stereocenters. The molecule has 0 radical (unpaired) electrons. The van der Waals surface area contributed by atoms with E-state index < -0.39 is 12.9 Å². The number of nitrogens with zero attached hydrogens (tertiary/aromatic N) is 2. The van der Waals surface area contributed by atoms with Crippen LogP contribution in [0.3, 0.4) is 0 Å². The van der Waals surface area contributed by atoms with Crippen LogP contribution < -0.4 is 0 Å². The Morgan fingerprint density at radius 2 is 1.70 bits per heavy atom. The predicted octanol–water partition coefficient (Wildman–Crippen LogP) is 4.28. The first kappa shape index (κ1) is 16.8. The first-order valence-electron chi connectivity index (χ1n) is 6.50. The highest BCUT2D eigenvalue weighted by molar-refractivity contribution is 7.55. The van der Waals surface area contributed by atoms with Gasteiger partial charge in [-0.05, 0) is 32.8 Å². The topological polar surface area (TPSA) is 74.0 Å². The average Bonchev–Trinajstić information content (AvgIpc) is 2.39. The van der Waals surface area contributed by atoms with Crippen molar-refractivity contribution in [3.8, 4) is 0 Å². The molecule has 1 aromatic rings. The SMILES string of the molecule is CCOP(=O)(OCC)C(C)(C)N=[N+]([O-])c1ccccc1. The lowest BCUT2D eigenvalue weighted by Crippen LogP contribution is -2.22. The van der Waals surface area contributed by atoms with Crippen LogP contribution in [0, 0.1) is 5.21 Å². The molecule has 0 bridgehead atoms. The van der Waals surface area contributed by atoms with Gasteiger partial charge < -0.3 is 14.3 Å². The molecule has 112 valence electrons. The molecule has 0 aromatic heterocycles. The molecule has 0 N–H and O–H groups in total. The van der Waals surface area contributed by atoms with Gasteiger partial charge in [0, 0.05) is 12.1 Å². The van der Waals surface area contributed by atoms with Crippen molar-refractivity contribution in [3.05, 3.63) is 35.5 Å². The van der Waals surface area contributed by atoms with Crippen LogP contribution in [0.1, 0.15) is 27.7 Å². The summed E-state index contributed by atoms with van der Waals surface area (Å²) >= 11 is 0. The molecular weight excluding hydrogens is 279 g/mol. The van der Waals surface area contributed by atoms with Gasteiger partial charge >= 0.3 is 7.60 Å². The summed E-state index contributed by atoms with van der Waals surface area (Å²) < 4.78 is 23.2. The van der Waals surface area contributed by atoms with Crippen molar-refractivity contribution in [2.24, 2.45) is 5.11 Å².